The molecule has 0 fully saturated rings. The third-order valence-electron chi connectivity index (χ3n) is 2.24. The molecule has 1 unspecified atom stereocenters. The van der Waals surface area contributed by atoms with Crippen LogP contribution < -0.4 is 11.3 Å². The summed E-state index contributed by atoms with van der Waals surface area (Å²) in [6, 6.07) is 0.235. The van der Waals surface area contributed by atoms with Gasteiger partial charge in [0, 0.05) is 0 Å². The summed E-state index contributed by atoms with van der Waals surface area (Å²) in [6.07, 6.45) is 0. The molecule has 0 aliphatic carbocycles. The van der Waals surface area contributed by atoms with Gasteiger partial charge in [-0.2, -0.15) is 11.3 Å². The Hall–Kier alpha value is -0.380. The zero-order valence-corrected chi connectivity index (χ0v) is 9.53. The average Bonchev–Trinajstić information content (AvgIpc) is 2.35. The van der Waals surface area contributed by atoms with E-state index < -0.39 is 0 Å². The Kier molecular flexibility index (Phi) is 3.11. The molecule has 13 heavy (non-hydrogen) atoms. The van der Waals surface area contributed by atoms with Gasteiger partial charge in [0.25, 0.3) is 0 Å². The Morgan fingerprint density at radius 2 is 2.00 bits per heavy atom. The van der Waals surface area contributed by atoms with Crippen LogP contribution in [0.25, 0.3) is 0 Å². The molecule has 0 amide bonds. The average molecular weight is 198 g/mol. The van der Waals surface area contributed by atoms with Gasteiger partial charge in [-0.3, -0.25) is 11.3 Å². The fourth-order valence-electron chi connectivity index (χ4n) is 1.47. The summed E-state index contributed by atoms with van der Waals surface area (Å²) in [6.45, 7) is 8.69. The van der Waals surface area contributed by atoms with Crippen molar-refractivity contribution in [3.05, 3.63) is 21.9 Å². The highest BCUT2D eigenvalue weighted by molar-refractivity contribution is 7.08. The zero-order valence-electron chi connectivity index (χ0n) is 8.72. The SMILES string of the molecule is Cc1cscc1C(NN)C(C)(C)C. The first-order valence-electron chi connectivity index (χ1n) is 4.45. The van der Waals surface area contributed by atoms with Crippen molar-refractivity contribution >= 4 is 11.3 Å². The van der Waals surface area contributed by atoms with Crippen molar-refractivity contribution < 1.29 is 0 Å². The molecule has 1 rings (SSSR count). The Morgan fingerprint density at radius 3 is 2.31 bits per heavy atom. The van der Waals surface area contributed by atoms with Crippen molar-refractivity contribution in [1.29, 1.82) is 0 Å². The van der Waals surface area contributed by atoms with Crippen molar-refractivity contribution in [2.24, 2.45) is 11.3 Å². The molecule has 0 aliphatic heterocycles. The van der Waals surface area contributed by atoms with Crippen molar-refractivity contribution in [2.75, 3.05) is 0 Å². The second kappa shape index (κ2) is 3.78. The molecule has 1 heterocycles. The number of hydrazine groups is 1. The van der Waals surface area contributed by atoms with Crippen molar-refractivity contribution in [3.63, 3.8) is 0 Å². The molecule has 0 saturated carbocycles. The van der Waals surface area contributed by atoms with E-state index in [2.05, 4.69) is 43.9 Å². The summed E-state index contributed by atoms with van der Waals surface area (Å²) in [7, 11) is 0. The highest BCUT2D eigenvalue weighted by Gasteiger charge is 2.26. The molecule has 1 aromatic heterocycles. The van der Waals surface area contributed by atoms with Gasteiger partial charge in [0.15, 0.2) is 0 Å². The van der Waals surface area contributed by atoms with Gasteiger partial charge in [0.2, 0.25) is 0 Å². The standard InChI is InChI=1S/C10H18N2S/c1-7-5-13-6-8(7)9(12-11)10(2,3)4/h5-6,9,12H,11H2,1-4H3. The van der Waals surface area contributed by atoms with Crippen LogP contribution in [0.4, 0.5) is 0 Å². The minimum absolute atomic E-state index is 0.153. The predicted molar refractivity (Wildman–Crippen MR) is 58.6 cm³/mol. The molecule has 3 N–H and O–H groups in total. The minimum atomic E-state index is 0.153. The highest BCUT2D eigenvalue weighted by Crippen LogP contribution is 2.34. The molecule has 0 bridgehead atoms. The van der Waals surface area contributed by atoms with Crippen LogP contribution in [0.2, 0.25) is 0 Å². The molecule has 0 radical (unpaired) electrons. The molecule has 2 nitrogen and oxygen atoms in total. The molecule has 0 aliphatic rings. The van der Waals surface area contributed by atoms with Gasteiger partial charge < -0.3 is 0 Å². The van der Waals surface area contributed by atoms with Gasteiger partial charge in [-0.05, 0) is 34.2 Å². The van der Waals surface area contributed by atoms with Gasteiger partial charge >= 0.3 is 0 Å². The lowest BCUT2D eigenvalue weighted by molar-refractivity contribution is 0.275. The van der Waals surface area contributed by atoms with Crippen molar-refractivity contribution in [2.45, 2.75) is 33.7 Å². The molecule has 1 aromatic rings. The smallest absolute Gasteiger partial charge is 0.0519 e. The maximum absolute atomic E-state index is 5.57. The first-order valence-corrected chi connectivity index (χ1v) is 5.40. The molecule has 1 atom stereocenters. The van der Waals surface area contributed by atoms with E-state index in [1.165, 1.54) is 11.1 Å². The van der Waals surface area contributed by atoms with Gasteiger partial charge in [0.1, 0.15) is 0 Å². The fourth-order valence-corrected chi connectivity index (χ4v) is 2.35. The number of thiophene rings is 1. The number of rotatable bonds is 2. The number of hydrogen-bond donors (Lipinski definition) is 2. The second-order valence-electron chi connectivity index (χ2n) is 4.48. The summed E-state index contributed by atoms with van der Waals surface area (Å²) in [4.78, 5) is 0. The quantitative estimate of drug-likeness (QED) is 0.566. The number of aryl methyl sites for hydroxylation is 1. The third kappa shape index (κ3) is 2.30. The summed E-state index contributed by atoms with van der Waals surface area (Å²) in [5.74, 6) is 5.57. The second-order valence-corrected chi connectivity index (χ2v) is 5.22. The summed E-state index contributed by atoms with van der Waals surface area (Å²) in [5.41, 5.74) is 5.69. The van der Waals surface area contributed by atoms with E-state index >= 15 is 0 Å². The van der Waals surface area contributed by atoms with E-state index in [0.29, 0.717) is 0 Å². The van der Waals surface area contributed by atoms with Gasteiger partial charge in [0.05, 0.1) is 6.04 Å². The van der Waals surface area contributed by atoms with Crippen molar-refractivity contribution in [3.8, 4) is 0 Å². The maximum Gasteiger partial charge on any atom is 0.0519 e. The summed E-state index contributed by atoms with van der Waals surface area (Å²) in [5, 5.41) is 4.33. The lowest BCUT2D eigenvalue weighted by Gasteiger charge is -2.30. The Labute approximate surface area is 84.1 Å². The zero-order chi connectivity index (χ0) is 10.1. The lowest BCUT2D eigenvalue weighted by Crippen LogP contribution is -2.36. The topological polar surface area (TPSA) is 38.0 Å². The summed E-state index contributed by atoms with van der Waals surface area (Å²) < 4.78 is 0. The van der Waals surface area contributed by atoms with E-state index in [0.717, 1.165) is 0 Å². The first kappa shape index (κ1) is 10.7. The third-order valence-corrected chi connectivity index (χ3v) is 3.12. The fraction of sp³-hybridized carbons (Fsp3) is 0.600. The highest BCUT2D eigenvalue weighted by atomic mass is 32.1. The Morgan fingerprint density at radius 1 is 1.38 bits per heavy atom. The molecule has 0 spiro atoms. The maximum atomic E-state index is 5.57. The van der Waals surface area contributed by atoms with Crippen LogP contribution in [-0.2, 0) is 0 Å². The number of nitrogens with one attached hydrogen (secondary N) is 1. The van der Waals surface area contributed by atoms with Crippen LogP contribution >= 0.6 is 11.3 Å². The van der Waals surface area contributed by atoms with Crippen LogP contribution in [0.3, 0.4) is 0 Å². The normalized spacial score (nSPS) is 14.5. The first-order chi connectivity index (χ1) is 5.96. The van der Waals surface area contributed by atoms with Crippen LogP contribution in [0.1, 0.15) is 37.9 Å². The van der Waals surface area contributed by atoms with E-state index in [1.807, 2.05) is 0 Å². The van der Waals surface area contributed by atoms with E-state index in [9.17, 15) is 0 Å². The molecule has 0 aromatic carbocycles. The molecule has 74 valence electrons. The summed E-state index contributed by atoms with van der Waals surface area (Å²) >= 11 is 1.73. The lowest BCUT2D eigenvalue weighted by atomic mass is 9.83. The number of nitrogens with two attached hydrogens (primary N) is 1. The van der Waals surface area contributed by atoms with Crippen molar-refractivity contribution in [1.82, 2.24) is 5.43 Å². The molecular formula is C10H18N2S. The van der Waals surface area contributed by atoms with E-state index in [1.54, 1.807) is 11.3 Å². The largest absolute Gasteiger partial charge is 0.271 e. The van der Waals surface area contributed by atoms with Gasteiger partial charge in [-0.1, -0.05) is 20.8 Å². The molecule has 0 saturated heterocycles. The molecular weight excluding hydrogens is 180 g/mol. The van der Waals surface area contributed by atoms with Crippen LogP contribution in [0, 0.1) is 12.3 Å². The van der Waals surface area contributed by atoms with Crippen LogP contribution in [0.5, 0.6) is 0 Å². The number of hydrogen-bond acceptors (Lipinski definition) is 3. The molecule has 3 heteroatoms. The van der Waals surface area contributed by atoms with E-state index in [-0.39, 0.29) is 11.5 Å². The van der Waals surface area contributed by atoms with Gasteiger partial charge in [-0.25, -0.2) is 0 Å². The Bertz CT molecular complexity index is 273. The minimum Gasteiger partial charge on any atom is -0.271 e. The van der Waals surface area contributed by atoms with Crippen LogP contribution in [-0.4, -0.2) is 0 Å². The van der Waals surface area contributed by atoms with Gasteiger partial charge in [-0.15, -0.1) is 0 Å². The monoisotopic (exact) mass is 198 g/mol. The van der Waals surface area contributed by atoms with Crippen LogP contribution in [0.15, 0.2) is 10.8 Å². The van der Waals surface area contributed by atoms with E-state index in [4.69, 9.17) is 5.84 Å². The Balaban J connectivity index is 2.98. The predicted octanol–water partition coefficient (Wildman–Crippen LogP) is 2.61.